The number of fused-ring (bicyclic) bond motifs is 1. The molecule has 4 N–H and O–H groups in total. The Balaban J connectivity index is 2.30. The van der Waals surface area contributed by atoms with Gasteiger partial charge in [0.25, 0.3) is 5.91 Å². The van der Waals surface area contributed by atoms with Gasteiger partial charge in [-0.15, -0.1) is 0 Å². The van der Waals surface area contributed by atoms with Gasteiger partial charge in [-0.05, 0) is 31.0 Å². The Morgan fingerprint density at radius 2 is 2.11 bits per heavy atom. The number of nitrogens with two attached hydrogens (primary N) is 1. The molecule has 0 aliphatic rings. The standard InChI is InChI=1S/C14H19N3O/c1-3-10(4-2)17-14(18)12-8-16-13-6-5-9(15)7-11(12)13/h5-8,10,16H,3-4,15H2,1-2H3,(H,17,18). The summed E-state index contributed by atoms with van der Waals surface area (Å²) in [6.45, 7) is 4.14. The number of nitrogen functional groups attached to an aromatic ring is 1. The van der Waals surface area contributed by atoms with Gasteiger partial charge in [0.2, 0.25) is 0 Å². The molecule has 0 aliphatic carbocycles. The lowest BCUT2D eigenvalue weighted by Crippen LogP contribution is -2.33. The third-order valence-electron chi connectivity index (χ3n) is 3.27. The normalized spacial score (nSPS) is 11.1. The van der Waals surface area contributed by atoms with Crippen LogP contribution in [0.4, 0.5) is 5.69 Å². The molecule has 96 valence electrons. The van der Waals surface area contributed by atoms with Crippen molar-refractivity contribution in [3.63, 3.8) is 0 Å². The van der Waals surface area contributed by atoms with E-state index in [9.17, 15) is 4.79 Å². The Labute approximate surface area is 107 Å². The fraction of sp³-hybridized carbons (Fsp3) is 0.357. The van der Waals surface area contributed by atoms with Gasteiger partial charge >= 0.3 is 0 Å². The average molecular weight is 245 g/mol. The summed E-state index contributed by atoms with van der Waals surface area (Å²) in [5.74, 6) is -0.0412. The zero-order chi connectivity index (χ0) is 13.1. The maximum atomic E-state index is 12.2. The number of hydrogen-bond donors (Lipinski definition) is 3. The molecule has 1 aromatic carbocycles. The molecule has 0 saturated heterocycles. The molecule has 2 aromatic rings. The van der Waals surface area contributed by atoms with Crippen molar-refractivity contribution in [3.05, 3.63) is 30.0 Å². The SMILES string of the molecule is CCC(CC)NC(=O)c1c[nH]c2ccc(N)cc12. The first-order valence-electron chi connectivity index (χ1n) is 6.33. The van der Waals surface area contributed by atoms with E-state index in [1.54, 1.807) is 6.20 Å². The summed E-state index contributed by atoms with van der Waals surface area (Å²) in [6.07, 6.45) is 3.61. The van der Waals surface area contributed by atoms with Crippen LogP contribution in [0.2, 0.25) is 0 Å². The molecule has 0 aliphatic heterocycles. The number of rotatable bonds is 4. The second-order valence-electron chi connectivity index (χ2n) is 4.49. The zero-order valence-electron chi connectivity index (χ0n) is 10.8. The van der Waals surface area contributed by atoms with Crippen LogP contribution in [0, 0.1) is 0 Å². The highest BCUT2D eigenvalue weighted by Gasteiger charge is 2.14. The average Bonchev–Trinajstić information content (AvgIpc) is 2.78. The molecule has 0 unspecified atom stereocenters. The van der Waals surface area contributed by atoms with Gasteiger partial charge in [0.15, 0.2) is 0 Å². The quantitative estimate of drug-likeness (QED) is 0.725. The van der Waals surface area contributed by atoms with Crippen LogP contribution in [0.1, 0.15) is 37.0 Å². The molecule has 0 atom stereocenters. The van der Waals surface area contributed by atoms with Crippen LogP contribution in [0.5, 0.6) is 0 Å². The van der Waals surface area contributed by atoms with Crippen LogP contribution in [-0.2, 0) is 0 Å². The number of hydrogen-bond acceptors (Lipinski definition) is 2. The molecule has 0 radical (unpaired) electrons. The largest absolute Gasteiger partial charge is 0.399 e. The molecular weight excluding hydrogens is 226 g/mol. The summed E-state index contributed by atoms with van der Waals surface area (Å²) >= 11 is 0. The highest BCUT2D eigenvalue weighted by molar-refractivity contribution is 6.07. The van der Waals surface area contributed by atoms with Crippen molar-refractivity contribution in [2.75, 3.05) is 5.73 Å². The molecule has 1 heterocycles. The first kappa shape index (κ1) is 12.5. The maximum absolute atomic E-state index is 12.2. The second-order valence-corrected chi connectivity index (χ2v) is 4.49. The Bertz CT molecular complexity index is 555. The zero-order valence-corrected chi connectivity index (χ0v) is 10.8. The summed E-state index contributed by atoms with van der Waals surface area (Å²) in [5.41, 5.74) is 8.01. The number of nitrogens with one attached hydrogen (secondary N) is 2. The number of aromatic amines is 1. The van der Waals surface area contributed by atoms with Crippen molar-refractivity contribution in [3.8, 4) is 0 Å². The Morgan fingerprint density at radius 3 is 2.78 bits per heavy atom. The van der Waals surface area contributed by atoms with Gasteiger partial charge in [-0.3, -0.25) is 4.79 Å². The van der Waals surface area contributed by atoms with Crippen LogP contribution in [0.25, 0.3) is 10.9 Å². The molecule has 1 aromatic heterocycles. The minimum Gasteiger partial charge on any atom is -0.399 e. The smallest absolute Gasteiger partial charge is 0.253 e. The van der Waals surface area contributed by atoms with Crippen molar-refractivity contribution >= 4 is 22.5 Å². The number of carbonyl (C=O) groups excluding carboxylic acids is 1. The third kappa shape index (κ3) is 2.32. The summed E-state index contributed by atoms with van der Waals surface area (Å²) < 4.78 is 0. The minimum atomic E-state index is -0.0412. The topological polar surface area (TPSA) is 70.9 Å². The number of benzene rings is 1. The monoisotopic (exact) mass is 245 g/mol. The van der Waals surface area contributed by atoms with Crippen molar-refractivity contribution in [1.29, 1.82) is 0 Å². The first-order valence-corrected chi connectivity index (χ1v) is 6.33. The number of carbonyl (C=O) groups is 1. The molecule has 0 saturated carbocycles. The molecule has 4 nitrogen and oxygen atoms in total. The van der Waals surface area contributed by atoms with Gasteiger partial charge in [0.1, 0.15) is 0 Å². The van der Waals surface area contributed by atoms with Gasteiger partial charge < -0.3 is 16.0 Å². The molecule has 1 amide bonds. The lowest BCUT2D eigenvalue weighted by atomic mass is 10.1. The van der Waals surface area contributed by atoms with Crippen LogP contribution >= 0.6 is 0 Å². The van der Waals surface area contributed by atoms with E-state index in [4.69, 9.17) is 5.73 Å². The van der Waals surface area contributed by atoms with E-state index >= 15 is 0 Å². The van der Waals surface area contributed by atoms with Crippen LogP contribution in [0.15, 0.2) is 24.4 Å². The number of H-pyrrole nitrogens is 1. The summed E-state index contributed by atoms with van der Waals surface area (Å²) in [7, 11) is 0. The number of aromatic nitrogens is 1. The second kappa shape index (κ2) is 5.12. The van der Waals surface area contributed by atoms with E-state index in [1.165, 1.54) is 0 Å². The highest BCUT2D eigenvalue weighted by atomic mass is 16.1. The number of anilines is 1. The molecule has 0 bridgehead atoms. The fourth-order valence-electron chi connectivity index (χ4n) is 2.08. The maximum Gasteiger partial charge on any atom is 0.253 e. The van der Waals surface area contributed by atoms with E-state index in [0.717, 1.165) is 23.7 Å². The predicted octanol–water partition coefficient (Wildman–Crippen LogP) is 2.67. The van der Waals surface area contributed by atoms with E-state index in [0.29, 0.717) is 11.3 Å². The van der Waals surface area contributed by atoms with Gasteiger partial charge in [0, 0.05) is 28.8 Å². The molecule has 4 heteroatoms. The Kier molecular flexibility index (Phi) is 3.55. The van der Waals surface area contributed by atoms with Crippen LogP contribution in [0.3, 0.4) is 0 Å². The van der Waals surface area contributed by atoms with Gasteiger partial charge in [-0.1, -0.05) is 13.8 Å². The van der Waals surface area contributed by atoms with E-state index < -0.39 is 0 Å². The number of amides is 1. The Hall–Kier alpha value is -1.97. The third-order valence-corrected chi connectivity index (χ3v) is 3.27. The molecule has 18 heavy (non-hydrogen) atoms. The first-order chi connectivity index (χ1) is 8.65. The molecular formula is C14H19N3O. The molecule has 0 fully saturated rings. The van der Waals surface area contributed by atoms with Crippen molar-refractivity contribution in [2.24, 2.45) is 0 Å². The van der Waals surface area contributed by atoms with Crippen LogP contribution < -0.4 is 11.1 Å². The van der Waals surface area contributed by atoms with Crippen molar-refractivity contribution in [2.45, 2.75) is 32.7 Å². The summed E-state index contributed by atoms with van der Waals surface area (Å²) in [4.78, 5) is 15.3. The van der Waals surface area contributed by atoms with E-state index in [2.05, 4.69) is 24.1 Å². The lowest BCUT2D eigenvalue weighted by Gasteiger charge is -2.14. The molecule has 2 rings (SSSR count). The minimum absolute atomic E-state index is 0.0412. The van der Waals surface area contributed by atoms with Crippen molar-refractivity contribution < 1.29 is 4.79 Å². The fourth-order valence-corrected chi connectivity index (χ4v) is 2.08. The lowest BCUT2D eigenvalue weighted by molar-refractivity contribution is 0.0936. The van der Waals surface area contributed by atoms with Gasteiger partial charge in [-0.2, -0.15) is 0 Å². The highest BCUT2D eigenvalue weighted by Crippen LogP contribution is 2.21. The van der Waals surface area contributed by atoms with E-state index in [1.807, 2.05) is 18.2 Å². The van der Waals surface area contributed by atoms with Gasteiger partial charge in [-0.25, -0.2) is 0 Å². The van der Waals surface area contributed by atoms with Crippen LogP contribution in [-0.4, -0.2) is 16.9 Å². The van der Waals surface area contributed by atoms with Crippen molar-refractivity contribution in [1.82, 2.24) is 10.3 Å². The van der Waals surface area contributed by atoms with Gasteiger partial charge in [0.05, 0.1) is 5.56 Å². The Morgan fingerprint density at radius 1 is 1.39 bits per heavy atom. The summed E-state index contributed by atoms with van der Waals surface area (Å²) in [5, 5.41) is 3.90. The molecule has 0 spiro atoms. The predicted molar refractivity (Wildman–Crippen MR) is 74.5 cm³/mol. The van der Waals surface area contributed by atoms with E-state index in [-0.39, 0.29) is 11.9 Å². The summed E-state index contributed by atoms with van der Waals surface area (Å²) in [6, 6.07) is 5.76.